The molecule has 0 aliphatic heterocycles. The molecule has 0 radical (unpaired) electrons. The Hall–Kier alpha value is -0.340. The largest absolute Gasteiger partial charge is 0.396 e. The van der Waals surface area contributed by atoms with Crippen molar-refractivity contribution in [2.24, 2.45) is 22.7 Å². The molecule has 1 saturated carbocycles. The predicted octanol–water partition coefficient (Wildman–Crippen LogP) is 1.19. The summed E-state index contributed by atoms with van der Waals surface area (Å²) in [6.07, 6.45) is 5.52. The van der Waals surface area contributed by atoms with E-state index in [0.29, 0.717) is 11.8 Å². The highest BCUT2D eigenvalue weighted by molar-refractivity contribution is 5.22. The third-order valence-corrected chi connectivity index (χ3v) is 4.68. The van der Waals surface area contributed by atoms with Gasteiger partial charge in [-0.1, -0.05) is 26.0 Å². The van der Waals surface area contributed by atoms with Gasteiger partial charge in [0.25, 0.3) is 0 Å². The van der Waals surface area contributed by atoms with Gasteiger partial charge in [0.15, 0.2) is 0 Å². The summed E-state index contributed by atoms with van der Waals surface area (Å²) in [7, 11) is 0. The summed E-state index contributed by atoms with van der Waals surface area (Å²) in [4.78, 5) is 0. The lowest BCUT2D eigenvalue weighted by Gasteiger charge is -2.45. The van der Waals surface area contributed by atoms with E-state index in [9.17, 15) is 10.2 Å². The minimum atomic E-state index is -0.124. The first-order chi connectivity index (χ1) is 6.08. The summed E-state index contributed by atoms with van der Waals surface area (Å²) in [5.74, 6) is 0.916. The molecule has 2 aliphatic rings. The lowest BCUT2D eigenvalue weighted by molar-refractivity contribution is -0.0402. The highest BCUT2D eigenvalue weighted by atomic mass is 16.3. The topological polar surface area (TPSA) is 40.5 Å². The van der Waals surface area contributed by atoms with Gasteiger partial charge in [0.05, 0.1) is 0 Å². The van der Waals surface area contributed by atoms with Gasteiger partial charge in [0, 0.05) is 24.0 Å². The summed E-state index contributed by atoms with van der Waals surface area (Å²) < 4.78 is 0. The van der Waals surface area contributed by atoms with Crippen molar-refractivity contribution in [2.45, 2.75) is 20.3 Å². The van der Waals surface area contributed by atoms with Crippen molar-refractivity contribution < 1.29 is 10.2 Å². The fourth-order valence-electron chi connectivity index (χ4n) is 3.09. The molecule has 0 aromatic heterocycles. The number of aliphatic hydroxyl groups excluding tert-OH is 2. The highest BCUT2D eigenvalue weighted by Gasteiger charge is 2.59. The number of hydrogen-bond acceptors (Lipinski definition) is 2. The van der Waals surface area contributed by atoms with Crippen molar-refractivity contribution >= 4 is 0 Å². The maximum Gasteiger partial charge on any atom is 0.0496 e. The van der Waals surface area contributed by atoms with Crippen LogP contribution in [0.1, 0.15) is 20.3 Å². The lowest BCUT2D eigenvalue weighted by atomic mass is 9.60. The molecule has 4 atom stereocenters. The molecule has 13 heavy (non-hydrogen) atoms. The van der Waals surface area contributed by atoms with Crippen molar-refractivity contribution in [1.82, 2.24) is 0 Å². The van der Waals surface area contributed by atoms with Crippen LogP contribution in [0.5, 0.6) is 0 Å². The lowest BCUT2D eigenvalue weighted by Crippen LogP contribution is -2.46. The van der Waals surface area contributed by atoms with Crippen LogP contribution < -0.4 is 0 Å². The van der Waals surface area contributed by atoms with E-state index in [0.717, 1.165) is 6.42 Å². The summed E-state index contributed by atoms with van der Waals surface area (Å²) >= 11 is 0. The van der Waals surface area contributed by atoms with Gasteiger partial charge < -0.3 is 10.2 Å². The second-order valence-electron chi connectivity index (χ2n) is 4.98. The Morgan fingerprint density at radius 1 is 1.08 bits per heavy atom. The average Bonchev–Trinajstić information content (AvgIpc) is 2.70. The SMILES string of the molecule is CC1(CO)C2C=CC(C2)C1(C)CO. The molecule has 0 spiro atoms. The van der Waals surface area contributed by atoms with E-state index >= 15 is 0 Å². The highest BCUT2D eigenvalue weighted by Crippen LogP contribution is 2.62. The minimum Gasteiger partial charge on any atom is -0.396 e. The van der Waals surface area contributed by atoms with Gasteiger partial charge >= 0.3 is 0 Å². The maximum absolute atomic E-state index is 9.47. The molecular weight excluding hydrogens is 164 g/mol. The van der Waals surface area contributed by atoms with Gasteiger partial charge in [-0.05, 0) is 18.3 Å². The zero-order chi connectivity index (χ0) is 9.69. The standard InChI is InChI=1S/C11H18O2/c1-10(6-12)8-3-4-9(5-8)11(10,2)7-13/h3-4,8-9,12-13H,5-7H2,1-2H3. The monoisotopic (exact) mass is 182 g/mol. The third-order valence-electron chi connectivity index (χ3n) is 4.68. The van der Waals surface area contributed by atoms with Crippen LogP contribution in [0.25, 0.3) is 0 Å². The number of aliphatic hydroxyl groups is 2. The van der Waals surface area contributed by atoms with E-state index in [-0.39, 0.29) is 24.0 Å². The molecule has 0 aromatic rings. The Bertz CT molecular complexity index is 224. The van der Waals surface area contributed by atoms with Crippen LogP contribution in [0.15, 0.2) is 12.2 Å². The van der Waals surface area contributed by atoms with Crippen LogP contribution in [0, 0.1) is 22.7 Å². The summed E-state index contributed by atoms with van der Waals surface area (Å²) in [6.45, 7) is 4.54. The molecule has 2 aliphatic carbocycles. The Morgan fingerprint density at radius 3 is 1.77 bits per heavy atom. The quantitative estimate of drug-likeness (QED) is 0.630. The molecule has 4 unspecified atom stereocenters. The molecule has 2 heteroatoms. The number of rotatable bonds is 2. The van der Waals surface area contributed by atoms with Gasteiger partial charge in [-0.25, -0.2) is 0 Å². The summed E-state index contributed by atoms with van der Waals surface area (Å²) in [6, 6.07) is 0. The first-order valence-corrected chi connectivity index (χ1v) is 4.98. The number of hydrogen-bond donors (Lipinski definition) is 2. The fourth-order valence-corrected chi connectivity index (χ4v) is 3.09. The van der Waals surface area contributed by atoms with Crippen LogP contribution in [0.2, 0.25) is 0 Å². The second-order valence-corrected chi connectivity index (χ2v) is 4.98. The Labute approximate surface area is 79.3 Å². The first kappa shape index (κ1) is 9.22. The van der Waals surface area contributed by atoms with Gasteiger partial charge in [0.1, 0.15) is 0 Å². The summed E-state index contributed by atoms with van der Waals surface area (Å²) in [5, 5.41) is 18.9. The van der Waals surface area contributed by atoms with E-state index in [1.807, 2.05) is 0 Å². The van der Waals surface area contributed by atoms with Crippen LogP contribution in [0.4, 0.5) is 0 Å². The van der Waals surface area contributed by atoms with Crippen molar-refractivity contribution in [3.63, 3.8) is 0 Å². The molecule has 2 bridgehead atoms. The second kappa shape index (κ2) is 2.58. The molecule has 2 nitrogen and oxygen atoms in total. The smallest absolute Gasteiger partial charge is 0.0496 e. The van der Waals surface area contributed by atoms with E-state index < -0.39 is 0 Å². The van der Waals surface area contributed by atoms with E-state index in [2.05, 4.69) is 26.0 Å². The third kappa shape index (κ3) is 0.856. The maximum atomic E-state index is 9.47. The van der Waals surface area contributed by atoms with Crippen molar-refractivity contribution in [2.75, 3.05) is 13.2 Å². The van der Waals surface area contributed by atoms with Crippen LogP contribution in [-0.4, -0.2) is 23.4 Å². The van der Waals surface area contributed by atoms with Crippen LogP contribution in [0.3, 0.4) is 0 Å². The van der Waals surface area contributed by atoms with E-state index in [4.69, 9.17) is 0 Å². The van der Waals surface area contributed by atoms with Crippen LogP contribution >= 0.6 is 0 Å². The fraction of sp³-hybridized carbons (Fsp3) is 0.818. The van der Waals surface area contributed by atoms with Gasteiger partial charge in [0.2, 0.25) is 0 Å². The molecule has 0 heterocycles. The molecule has 0 amide bonds. The van der Waals surface area contributed by atoms with Crippen molar-refractivity contribution in [1.29, 1.82) is 0 Å². The van der Waals surface area contributed by atoms with E-state index in [1.54, 1.807) is 0 Å². The average molecular weight is 182 g/mol. The molecule has 0 aromatic carbocycles. The van der Waals surface area contributed by atoms with Crippen molar-refractivity contribution in [3.05, 3.63) is 12.2 Å². The first-order valence-electron chi connectivity index (χ1n) is 4.98. The Balaban J connectivity index is 2.42. The Morgan fingerprint density at radius 2 is 1.46 bits per heavy atom. The molecule has 74 valence electrons. The Kier molecular flexibility index (Phi) is 1.83. The van der Waals surface area contributed by atoms with Gasteiger partial charge in [-0.15, -0.1) is 0 Å². The van der Waals surface area contributed by atoms with Gasteiger partial charge in [-0.2, -0.15) is 0 Å². The van der Waals surface area contributed by atoms with Crippen molar-refractivity contribution in [3.8, 4) is 0 Å². The van der Waals surface area contributed by atoms with E-state index in [1.165, 1.54) is 0 Å². The zero-order valence-corrected chi connectivity index (χ0v) is 8.33. The molecular formula is C11H18O2. The molecule has 0 saturated heterocycles. The summed E-state index contributed by atoms with van der Waals surface area (Å²) in [5.41, 5.74) is -0.248. The normalized spacial score (nSPS) is 53.2. The molecule has 1 fully saturated rings. The zero-order valence-electron chi connectivity index (χ0n) is 8.33. The predicted molar refractivity (Wildman–Crippen MR) is 51.1 cm³/mol. The molecule has 2 N–H and O–H groups in total. The molecule has 2 rings (SSSR count). The number of fused-ring (bicyclic) bond motifs is 2. The number of allylic oxidation sites excluding steroid dienone is 2. The van der Waals surface area contributed by atoms with Crippen LogP contribution in [-0.2, 0) is 0 Å². The van der Waals surface area contributed by atoms with Gasteiger partial charge in [-0.3, -0.25) is 0 Å². The minimum absolute atomic E-state index is 0.124.